The van der Waals surface area contributed by atoms with Gasteiger partial charge in [0.25, 0.3) is 0 Å². The Bertz CT molecular complexity index is 207. The highest BCUT2D eigenvalue weighted by molar-refractivity contribution is 5.71. The lowest BCUT2D eigenvalue weighted by atomic mass is 9.81. The molecule has 90 valence electrons. The van der Waals surface area contributed by atoms with E-state index in [0.717, 1.165) is 0 Å². The smallest absolute Gasteiger partial charge is 0.308 e. The van der Waals surface area contributed by atoms with Crippen LogP contribution in [0.5, 0.6) is 0 Å². The van der Waals surface area contributed by atoms with E-state index in [4.69, 9.17) is 4.74 Å². The van der Waals surface area contributed by atoms with Gasteiger partial charge in [-0.05, 0) is 5.92 Å². The van der Waals surface area contributed by atoms with Gasteiger partial charge in [-0.15, -0.1) is 0 Å². The Morgan fingerprint density at radius 1 is 1.27 bits per heavy atom. The highest BCUT2D eigenvalue weighted by Crippen LogP contribution is 2.26. The van der Waals surface area contributed by atoms with Crippen LogP contribution in [0.3, 0.4) is 0 Å². The van der Waals surface area contributed by atoms with Crippen molar-refractivity contribution < 1.29 is 14.6 Å². The third kappa shape index (κ3) is 4.65. The van der Waals surface area contributed by atoms with Crippen molar-refractivity contribution in [1.82, 2.24) is 0 Å². The molecule has 0 aromatic heterocycles. The number of aliphatic hydroxyl groups excluding tert-OH is 1. The number of rotatable bonds is 5. The molecule has 15 heavy (non-hydrogen) atoms. The minimum absolute atomic E-state index is 0.114. The van der Waals surface area contributed by atoms with E-state index in [-0.39, 0.29) is 24.4 Å². The molecule has 0 saturated carbocycles. The Balaban J connectivity index is 4.21. The molecule has 0 aromatic carbocycles. The molecule has 0 amide bonds. The van der Waals surface area contributed by atoms with Crippen molar-refractivity contribution in [1.29, 1.82) is 0 Å². The summed E-state index contributed by atoms with van der Waals surface area (Å²) in [5.74, 6) is -0.159. The summed E-state index contributed by atoms with van der Waals surface area (Å²) in [5.41, 5.74) is -0.390. The molecule has 0 unspecified atom stereocenters. The maximum absolute atomic E-state index is 11.3. The maximum Gasteiger partial charge on any atom is 0.308 e. The summed E-state index contributed by atoms with van der Waals surface area (Å²) in [5, 5.41) is 9.91. The predicted octanol–water partition coefficient (Wildman–Crippen LogP) is 2.23. The first-order valence-electron chi connectivity index (χ1n) is 5.53. The average molecular weight is 216 g/mol. The molecule has 0 saturated heterocycles. The molecule has 0 radical (unpaired) electrons. The van der Waals surface area contributed by atoms with E-state index >= 15 is 0 Å². The number of carbonyl (C=O) groups is 1. The summed E-state index contributed by atoms with van der Waals surface area (Å²) in [7, 11) is 0. The Hall–Kier alpha value is -0.570. The molecule has 3 heteroatoms. The van der Waals surface area contributed by atoms with Crippen molar-refractivity contribution in [2.24, 2.45) is 17.3 Å². The number of hydrogen-bond donors (Lipinski definition) is 1. The molecule has 0 aliphatic rings. The van der Waals surface area contributed by atoms with Gasteiger partial charge in [0.15, 0.2) is 0 Å². The topological polar surface area (TPSA) is 46.5 Å². The Morgan fingerprint density at radius 3 is 2.07 bits per heavy atom. The summed E-state index contributed by atoms with van der Waals surface area (Å²) in [6.07, 6.45) is -0.461. The van der Waals surface area contributed by atoms with Crippen LogP contribution in [-0.4, -0.2) is 23.8 Å². The van der Waals surface area contributed by atoms with Crippen LogP contribution in [0.4, 0.5) is 0 Å². The molecule has 0 bridgehead atoms. The molecule has 0 spiro atoms. The fourth-order valence-electron chi connectivity index (χ4n) is 1.41. The second-order valence-corrected chi connectivity index (χ2v) is 5.44. The standard InChI is InChI=1S/C12H24O3/c1-8(2)10(13)12(5,6)7-15-11(14)9(3)4/h8-10,13H,7H2,1-6H3/t10-/m0/s1. The van der Waals surface area contributed by atoms with Gasteiger partial charge in [0, 0.05) is 5.41 Å². The Morgan fingerprint density at radius 2 is 1.73 bits per heavy atom. The number of carbonyl (C=O) groups excluding carboxylic acids is 1. The van der Waals surface area contributed by atoms with Crippen LogP contribution >= 0.6 is 0 Å². The van der Waals surface area contributed by atoms with Crippen molar-refractivity contribution in [2.45, 2.75) is 47.6 Å². The van der Waals surface area contributed by atoms with E-state index in [9.17, 15) is 9.90 Å². The van der Waals surface area contributed by atoms with E-state index in [1.807, 2.05) is 27.7 Å². The summed E-state index contributed by atoms with van der Waals surface area (Å²) in [6.45, 7) is 11.6. The first kappa shape index (κ1) is 14.4. The minimum atomic E-state index is -0.461. The van der Waals surface area contributed by atoms with Crippen LogP contribution in [0.2, 0.25) is 0 Å². The fourth-order valence-corrected chi connectivity index (χ4v) is 1.41. The molecule has 0 rings (SSSR count). The van der Waals surface area contributed by atoms with E-state index in [2.05, 4.69) is 0 Å². The fraction of sp³-hybridized carbons (Fsp3) is 0.917. The van der Waals surface area contributed by atoms with Gasteiger partial charge in [-0.3, -0.25) is 4.79 Å². The minimum Gasteiger partial charge on any atom is -0.465 e. The number of esters is 1. The highest BCUT2D eigenvalue weighted by atomic mass is 16.5. The number of hydrogen-bond acceptors (Lipinski definition) is 3. The van der Waals surface area contributed by atoms with E-state index in [1.54, 1.807) is 13.8 Å². The molecular weight excluding hydrogens is 192 g/mol. The lowest BCUT2D eigenvalue weighted by Gasteiger charge is -2.32. The third-order valence-corrected chi connectivity index (χ3v) is 2.49. The van der Waals surface area contributed by atoms with Crippen molar-refractivity contribution in [3.63, 3.8) is 0 Å². The maximum atomic E-state index is 11.3. The monoisotopic (exact) mass is 216 g/mol. The van der Waals surface area contributed by atoms with Gasteiger partial charge in [0.2, 0.25) is 0 Å². The van der Waals surface area contributed by atoms with Crippen molar-refractivity contribution >= 4 is 5.97 Å². The van der Waals surface area contributed by atoms with Gasteiger partial charge < -0.3 is 9.84 Å². The summed E-state index contributed by atoms with van der Waals surface area (Å²) in [6, 6.07) is 0. The Kier molecular flexibility index (Phi) is 5.29. The number of aliphatic hydroxyl groups is 1. The van der Waals surface area contributed by atoms with Crippen molar-refractivity contribution in [3.8, 4) is 0 Å². The third-order valence-electron chi connectivity index (χ3n) is 2.49. The average Bonchev–Trinajstić information content (AvgIpc) is 2.12. The van der Waals surface area contributed by atoms with Crippen LogP contribution in [0.25, 0.3) is 0 Å². The zero-order chi connectivity index (χ0) is 12.2. The molecular formula is C12H24O3. The SMILES string of the molecule is CC(C)C(=O)OCC(C)(C)[C@@H](O)C(C)C. The van der Waals surface area contributed by atoms with Gasteiger partial charge in [0.1, 0.15) is 0 Å². The van der Waals surface area contributed by atoms with E-state index in [1.165, 1.54) is 0 Å². The van der Waals surface area contributed by atoms with Gasteiger partial charge in [0.05, 0.1) is 18.6 Å². The summed E-state index contributed by atoms with van der Waals surface area (Å²) in [4.78, 5) is 11.3. The molecule has 3 nitrogen and oxygen atoms in total. The van der Waals surface area contributed by atoms with Gasteiger partial charge >= 0.3 is 5.97 Å². The molecule has 1 N–H and O–H groups in total. The van der Waals surface area contributed by atoms with Crippen LogP contribution < -0.4 is 0 Å². The lowest BCUT2D eigenvalue weighted by molar-refractivity contribution is -0.153. The summed E-state index contributed by atoms with van der Waals surface area (Å²) < 4.78 is 5.14. The first-order valence-corrected chi connectivity index (χ1v) is 5.53. The zero-order valence-electron chi connectivity index (χ0n) is 10.7. The second kappa shape index (κ2) is 5.50. The van der Waals surface area contributed by atoms with Crippen molar-refractivity contribution in [3.05, 3.63) is 0 Å². The van der Waals surface area contributed by atoms with E-state index in [0.29, 0.717) is 0 Å². The van der Waals surface area contributed by atoms with Gasteiger partial charge in [-0.1, -0.05) is 41.5 Å². The van der Waals surface area contributed by atoms with Crippen LogP contribution in [-0.2, 0) is 9.53 Å². The molecule has 0 aliphatic carbocycles. The molecule has 0 heterocycles. The lowest BCUT2D eigenvalue weighted by Crippen LogP contribution is -2.38. The highest BCUT2D eigenvalue weighted by Gasteiger charge is 2.31. The first-order chi connectivity index (χ1) is 6.68. The summed E-state index contributed by atoms with van der Waals surface area (Å²) >= 11 is 0. The Labute approximate surface area is 92.8 Å². The second-order valence-electron chi connectivity index (χ2n) is 5.44. The molecule has 1 atom stereocenters. The quantitative estimate of drug-likeness (QED) is 0.717. The van der Waals surface area contributed by atoms with Crippen LogP contribution in [0, 0.1) is 17.3 Å². The van der Waals surface area contributed by atoms with E-state index < -0.39 is 11.5 Å². The predicted molar refractivity (Wildman–Crippen MR) is 60.4 cm³/mol. The number of ether oxygens (including phenoxy) is 1. The zero-order valence-corrected chi connectivity index (χ0v) is 10.7. The van der Waals surface area contributed by atoms with Crippen molar-refractivity contribution in [2.75, 3.05) is 6.61 Å². The van der Waals surface area contributed by atoms with Gasteiger partial charge in [-0.25, -0.2) is 0 Å². The molecule has 0 aliphatic heterocycles. The normalized spacial score (nSPS) is 14.5. The largest absolute Gasteiger partial charge is 0.465 e. The van der Waals surface area contributed by atoms with Crippen LogP contribution in [0.1, 0.15) is 41.5 Å². The molecule has 0 fully saturated rings. The molecule has 0 aromatic rings. The van der Waals surface area contributed by atoms with Crippen LogP contribution in [0.15, 0.2) is 0 Å². The van der Waals surface area contributed by atoms with Gasteiger partial charge in [-0.2, -0.15) is 0 Å².